The van der Waals surface area contributed by atoms with Gasteiger partial charge in [0.1, 0.15) is 10.8 Å². The van der Waals surface area contributed by atoms with E-state index in [2.05, 4.69) is 10.6 Å². The minimum Gasteiger partial charge on any atom is -0.496 e. The lowest BCUT2D eigenvalue weighted by Gasteiger charge is -2.15. The van der Waals surface area contributed by atoms with Crippen molar-refractivity contribution in [1.29, 1.82) is 0 Å². The van der Waals surface area contributed by atoms with Gasteiger partial charge in [0, 0.05) is 18.0 Å². The quantitative estimate of drug-likeness (QED) is 0.754. The summed E-state index contributed by atoms with van der Waals surface area (Å²) in [6, 6.07) is 7.10. The van der Waals surface area contributed by atoms with Crippen molar-refractivity contribution >= 4 is 28.2 Å². The molecule has 1 unspecified atom stereocenters. The number of nitrogens with one attached hydrogen (secondary N) is 2. The number of ether oxygens (including phenoxy) is 2. The molecule has 0 radical (unpaired) electrons. The number of rotatable bonds is 6. The van der Waals surface area contributed by atoms with Crippen LogP contribution in [0.5, 0.6) is 5.75 Å². The van der Waals surface area contributed by atoms with E-state index in [1.54, 1.807) is 25.3 Å². The normalized spacial score (nSPS) is 18.2. The van der Waals surface area contributed by atoms with E-state index in [9.17, 15) is 9.59 Å². The van der Waals surface area contributed by atoms with Crippen molar-refractivity contribution in [2.45, 2.75) is 44.6 Å². The van der Waals surface area contributed by atoms with Crippen LogP contribution in [-0.2, 0) is 17.6 Å². The van der Waals surface area contributed by atoms with Gasteiger partial charge in [-0.05, 0) is 56.2 Å². The molecule has 29 heavy (non-hydrogen) atoms. The maximum atomic E-state index is 13.1. The summed E-state index contributed by atoms with van der Waals surface area (Å²) in [5.74, 6) is 0.111. The first-order valence-electron chi connectivity index (χ1n) is 10.2. The Kier molecular flexibility index (Phi) is 6.16. The first kappa shape index (κ1) is 19.9. The molecule has 2 amide bonds. The van der Waals surface area contributed by atoms with Crippen LogP contribution in [0, 0.1) is 0 Å². The van der Waals surface area contributed by atoms with Crippen molar-refractivity contribution < 1.29 is 19.1 Å². The van der Waals surface area contributed by atoms with Gasteiger partial charge in [0.05, 0.1) is 24.3 Å². The number of thiophene rings is 1. The Labute approximate surface area is 174 Å². The number of para-hydroxylation sites is 1. The van der Waals surface area contributed by atoms with Crippen LogP contribution < -0.4 is 15.4 Å². The molecule has 4 rings (SSSR count). The average Bonchev–Trinajstić information content (AvgIpc) is 3.39. The summed E-state index contributed by atoms with van der Waals surface area (Å²) < 4.78 is 10.9. The largest absolute Gasteiger partial charge is 0.496 e. The predicted octanol–water partition coefficient (Wildman–Crippen LogP) is 3.80. The molecule has 7 heteroatoms. The highest BCUT2D eigenvalue weighted by atomic mass is 32.1. The lowest BCUT2D eigenvalue weighted by Crippen LogP contribution is -2.32. The van der Waals surface area contributed by atoms with Crippen molar-refractivity contribution in [3.8, 4) is 5.75 Å². The molecule has 1 fully saturated rings. The second-order valence-electron chi connectivity index (χ2n) is 7.41. The van der Waals surface area contributed by atoms with Crippen LogP contribution in [0.25, 0.3) is 0 Å². The highest BCUT2D eigenvalue weighted by Gasteiger charge is 2.27. The van der Waals surface area contributed by atoms with Crippen molar-refractivity contribution in [2.75, 3.05) is 25.6 Å². The molecular formula is C22H26N2O4S. The number of hydrogen-bond acceptors (Lipinski definition) is 5. The van der Waals surface area contributed by atoms with E-state index in [0.29, 0.717) is 28.4 Å². The molecule has 2 N–H and O–H groups in total. The maximum Gasteiger partial charge on any atom is 0.260 e. The second kappa shape index (κ2) is 8.97. The summed E-state index contributed by atoms with van der Waals surface area (Å²) in [6.07, 6.45) is 6.10. The third-order valence-corrected chi connectivity index (χ3v) is 6.70. The smallest absolute Gasteiger partial charge is 0.260 e. The molecule has 2 aliphatic rings. The molecule has 1 aromatic carbocycles. The molecule has 6 nitrogen and oxygen atoms in total. The van der Waals surface area contributed by atoms with Gasteiger partial charge in [0.2, 0.25) is 0 Å². The van der Waals surface area contributed by atoms with Gasteiger partial charge in [-0.25, -0.2) is 0 Å². The topological polar surface area (TPSA) is 76.7 Å². The number of fused-ring (bicyclic) bond motifs is 1. The van der Waals surface area contributed by atoms with Crippen LogP contribution in [-0.4, -0.2) is 38.2 Å². The van der Waals surface area contributed by atoms with E-state index in [4.69, 9.17) is 9.47 Å². The minimum absolute atomic E-state index is 0.0834. The fourth-order valence-corrected chi connectivity index (χ4v) is 5.28. The second-order valence-corrected chi connectivity index (χ2v) is 8.52. The van der Waals surface area contributed by atoms with Gasteiger partial charge in [-0.1, -0.05) is 12.1 Å². The van der Waals surface area contributed by atoms with Gasteiger partial charge >= 0.3 is 0 Å². The third kappa shape index (κ3) is 4.31. The zero-order valence-electron chi connectivity index (χ0n) is 16.6. The zero-order valence-corrected chi connectivity index (χ0v) is 17.4. The molecule has 154 valence electrons. The van der Waals surface area contributed by atoms with E-state index < -0.39 is 0 Å². The third-order valence-electron chi connectivity index (χ3n) is 5.49. The molecule has 2 heterocycles. The molecule has 2 aromatic rings. The highest BCUT2D eigenvalue weighted by molar-refractivity contribution is 7.17. The van der Waals surface area contributed by atoms with Crippen LogP contribution in [0.3, 0.4) is 0 Å². The summed E-state index contributed by atoms with van der Waals surface area (Å²) in [7, 11) is 1.54. The fourth-order valence-electron chi connectivity index (χ4n) is 4.00. The Morgan fingerprint density at radius 1 is 1.17 bits per heavy atom. The SMILES string of the molecule is COc1ccccc1C(=O)Nc1sc2c(c1C(=O)NCC1CCCO1)CCCC2. The average molecular weight is 415 g/mol. The van der Waals surface area contributed by atoms with Crippen LogP contribution >= 0.6 is 11.3 Å². The molecule has 1 aromatic heterocycles. The number of carbonyl (C=O) groups is 2. The Hall–Kier alpha value is -2.38. The van der Waals surface area contributed by atoms with Crippen molar-refractivity contribution in [1.82, 2.24) is 5.32 Å². The van der Waals surface area contributed by atoms with Crippen LogP contribution in [0.1, 0.15) is 56.8 Å². The highest BCUT2D eigenvalue weighted by Crippen LogP contribution is 2.38. The summed E-state index contributed by atoms with van der Waals surface area (Å²) in [6.45, 7) is 1.26. The van der Waals surface area contributed by atoms with E-state index in [-0.39, 0.29) is 17.9 Å². The van der Waals surface area contributed by atoms with Crippen molar-refractivity contribution in [2.24, 2.45) is 0 Å². The Morgan fingerprint density at radius 3 is 2.79 bits per heavy atom. The molecule has 1 atom stereocenters. The molecule has 0 bridgehead atoms. The number of hydrogen-bond donors (Lipinski definition) is 2. The number of anilines is 1. The number of methoxy groups -OCH3 is 1. The Bertz CT molecular complexity index is 902. The monoisotopic (exact) mass is 414 g/mol. The molecular weight excluding hydrogens is 388 g/mol. The number of benzene rings is 1. The summed E-state index contributed by atoms with van der Waals surface area (Å²) in [5.41, 5.74) is 2.15. The number of amides is 2. The number of aryl methyl sites for hydroxylation is 1. The van der Waals surface area contributed by atoms with E-state index in [1.807, 2.05) is 6.07 Å². The first-order chi connectivity index (χ1) is 14.2. The van der Waals surface area contributed by atoms with Crippen LogP contribution in [0.2, 0.25) is 0 Å². The van der Waals surface area contributed by atoms with E-state index >= 15 is 0 Å². The maximum absolute atomic E-state index is 13.1. The number of carbonyl (C=O) groups excluding carboxylic acids is 2. The van der Waals surface area contributed by atoms with E-state index in [1.165, 1.54) is 16.2 Å². The van der Waals surface area contributed by atoms with Crippen molar-refractivity contribution in [3.05, 3.63) is 45.8 Å². The van der Waals surface area contributed by atoms with Crippen LogP contribution in [0.15, 0.2) is 24.3 Å². The Balaban J connectivity index is 1.58. The Morgan fingerprint density at radius 2 is 2.00 bits per heavy atom. The molecule has 0 saturated carbocycles. The van der Waals surface area contributed by atoms with E-state index in [0.717, 1.165) is 50.7 Å². The fraction of sp³-hybridized carbons (Fsp3) is 0.455. The van der Waals surface area contributed by atoms with Gasteiger partial charge in [-0.3, -0.25) is 9.59 Å². The molecule has 1 aliphatic carbocycles. The van der Waals surface area contributed by atoms with Gasteiger partial charge in [-0.2, -0.15) is 0 Å². The summed E-state index contributed by atoms with van der Waals surface area (Å²) in [5, 5.41) is 6.62. The van der Waals surface area contributed by atoms with Crippen molar-refractivity contribution in [3.63, 3.8) is 0 Å². The van der Waals surface area contributed by atoms with Gasteiger partial charge < -0.3 is 20.1 Å². The zero-order chi connectivity index (χ0) is 20.2. The summed E-state index contributed by atoms with van der Waals surface area (Å²) in [4.78, 5) is 27.2. The first-order valence-corrected chi connectivity index (χ1v) is 11.0. The van der Waals surface area contributed by atoms with Gasteiger partial charge in [-0.15, -0.1) is 11.3 Å². The predicted molar refractivity (Wildman–Crippen MR) is 113 cm³/mol. The minimum atomic E-state index is -0.269. The lowest BCUT2D eigenvalue weighted by atomic mass is 9.95. The molecule has 1 saturated heterocycles. The lowest BCUT2D eigenvalue weighted by molar-refractivity contribution is 0.0858. The molecule has 0 spiro atoms. The van der Waals surface area contributed by atoms with Crippen LogP contribution in [0.4, 0.5) is 5.00 Å². The summed E-state index contributed by atoms with van der Waals surface area (Å²) >= 11 is 1.52. The molecule has 1 aliphatic heterocycles. The van der Waals surface area contributed by atoms with Gasteiger partial charge in [0.25, 0.3) is 11.8 Å². The standard InChI is InChI=1S/C22H26N2O4S/c1-27-17-10-4-2-8-15(17)20(25)24-22-19(16-9-3-5-11-18(16)29-22)21(26)23-13-14-7-6-12-28-14/h2,4,8,10,14H,3,5-7,9,11-13H2,1H3,(H,23,26)(H,24,25). The van der Waals surface area contributed by atoms with Gasteiger partial charge in [0.15, 0.2) is 0 Å².